The number of aliphatic imine (C=N–C) groups is 1. The van der Waals surface area contributed by atoms with Crippen LogP contribution in [0.2, 0.25) is 10.0 Å². The first-order valence-corrected chi connectivity index (χ1v) is 11.9. The van der Waals surface area contributed by atoms with Gasteiger partial charge in [0.15, 0.2) is 5.82 Å². The van der Waals surface area contributed by atoms with Crippen LogP contribution in [0, 0.1) is 19.7 Å². The second-order valence-electron chi connectivity index (χ2n) is 8.78. The first-order chi connectivity index (χ1) is 17.3. The molecule has 9 heteroatoms. The highest BCUT2D eigenvalue weighted by molar-refractivity contribution is 6.31. The molecule has 0 saturated heterocycles. The number of pyridine rings is 3. The zero-order valence-electron chi connectivity index (χ0n) is 19.3. The van der Waals surface area contributed by atoms with Crippen LogP contribution in [-0.2, 0) is 4.79 Å². The van der Waals surface area contributed by atoms with Gasteiger partial charge in [-0.1, -0.05) is 29.3 Å². The van der Waals surface area contributed by atoms with Gasteiger partial charge in [0.25, 0.3) is 5.56 Å². The third-order valence-corrected chi connectivity index (χ3v) is 7.03. The van der Waals surface area contributed by atoms with Gasteiger partial charge < -0.3 is 0 Å². The van der Waals surface area contributed by atoms with Gasteiger partial charge in [-0.2, -0.15) is 4.99 Å². The number of hydrogen-bond acceptors (Lipinski definition) is 5. The van der Waals surface area contributed by atoms with E-state index in [1.165, 1.54) is 22.8 Å². The van der Waals surface area contributed by atoms with Crippen molar-refractivity contribution in [1.29, 1.82) is 0 Å². The topological polar surface area (TPSA) is 77.2 Å². The van der Waals surface area contributed by atoms with Crippen LogP contribution in [0.4, 0.5) is 10.1 Å². The minimum atomic E-state index is -0.698. The van der Waals surface area contributed by atoms with Crippen LogP contribution >= 0.6 is 23.2 Å². The zero-order chi connectivity index (χ0) is 25.6. The summed E-state index contributed by atoms with van der Waals surface area (Å²) in [5.41, 5.74) is 3.68. The summed E-state index contributed by atoms with van der Waals surface area (Å²) in [6, 6.07) is 9.91. The number of hydrogen-bond donors (Lipinski definition) is 0. The normalized spacial score (nSPS) is 16.5. The van der Waals surface area contributed by atoms with Crippen molar-refractivity contribution in [2.75, 3.05) is 0 Å². The van der Waals surface area contributed by atoms with E-state index in [1.54, 1.807) is 30.7 Å². The summed E-state index contributed by atoms with van der Waals surface area (Å²) < 4.78 is 16.4. The lowest BCUT2D eigenvalue weighted by molar-refractivity contribution is 0.564. The van der Waals surface area contributed by atoms with Crippen LogP contribution in [0.5, 0.6) is 0 Å². The van der Waals surface area contributed by atoms with Crippen molar-refractivity contribution in [3.8, 4) is 16.9 Å². The SMILES string of the molecule is Cc1cnc(-c2cccc(N=C=O)c2F)cc1-n1c(C)cc([C@H]2C[C@@H]2c2cncc(Cl)c2)c(Cl)c1=O. The predicted molar refractivity (Wildman–Crippen MR) is 137 cm³/mol. The largest absolute Gasteiger partial charge is 0.280 e. The highest BCUT2D eigenvalue weighted by atomic mass is 35.5. The molecule has 3 heterocycles. The summed E-state index contributed by atoms with van der Waals surface area (Å²) in [6.45, 7) is 3.64. The number of carbonyl (C=O) groups excluding carboxylic acids is 1. The van der Waals surface area contributed by atoms with Gasteiger partial charge in [0.2, 0.25) is 6.08 Å². The highest BCUT2D eigenvalue weighted by Crippen LogP contribution is 2.56. The fourth-order valence-electron chi connectivity index (χ4n) is 4.60. The molecule has 0 spiro atoms. The van der Waals surface area contributed by atoms with Crippen LogP contribution < -0.4 is 5.56 Å². The average molecular weight is 521 g/mol. The maximum absolute atomic E-state index is 14.9. The maximum atomic E-state index is 14.9. The van der Waals surface area contributed by atoms with Crippen molar-refractivity contribution in [3.63, 3.8) is 0 Å². The van der Waals surface area contributed by atoms with Crippen molar-refractivity contribution in [1.82, 2.24) is 14.5 Å². The third-order valence-electron chi connectivity index (χ3n) is 6.44. The molecule has 0 radical (unpaired) electrons. The van der Waals surface area contributed by atoms with E-state index >= 15 is 0 Å². The van der Waals surface area contributed by atoms with E-state index in [-0.39, 0.29) is 33.7 Å². The molecular weight excluding hydrogens is 502 g/mol. The van der Waals surface area contributed by atoms with Crippen molar-refractivity contribution in [2.45, 2.75) is 32.1 Å². The Labute approximate surface area is 216 Å². The molecule has 1 aliphatic rings. The summed E-state index contributed by atoms with van der Waals surface area (Å²) in [5, 5.41) is 0.717. The average Bonchev–Trinajstić information content (AvgIpc) is 3.65. The van der Waals surface area contributed by atoms with E-state index < -0.39 is 5.82 Å². The molecule has 4 aromatic rings. The summed E-state index contributed by atoms with van der Waals surface area (Å²) in [6.07, 6.45) is 7.14. The Kier molecular flexibility index (Phi) is 6.31. The van der Waals surface area contributed by atoms with E-state index in [1.807, 2.05) is 26.0 Å². The van der Waals surface area contributed by atoms with Crippen molar-refractivity contribution in [3.05, 3.63) is 104 Å². The van der Waals surface area contributed by atoms with Gasteiger partial charge in [-0.15, -0.1) is 0 Å². The summed E-state index contributed by atoms with van der Waals surface area (Å²) in [5.74, 6) is -0.402. The molecule has 0 amide bonds. The minimum absolute atomic E-state index is 0.100. The standard InChI is InChI=1S/C27H19Cl2FN4O2/c1-14-10-32-23(18-4-3-5-22(26(18)30)33-13-35)9-24(14)34-15(2)6-21(25(29)27(34)36)20-8-19(20)16-7-17(28)12-31-11-16/h3-7,9-12,19-20H,8H2,1-2H3/t19-,20+/m1/s1. The molecule has 36 heavy (non-hydrogen) atoms. The van der Waals surface area contributed by atoms with Crippen LogP contribution in [0.3, 0.4) is 0 Å². The van der Waals surface area contributed by atoms with Crippen molar-refractivity contribution in [2.24, 2.45) is 4.99 Å². The second kappa shape index (κ2) is 9.43. The van der Waals surface area contributed by atoms with Crippen molar-refractivity contribution < 1.29 is 9.18 Å². The molecule has 180 valence electrons. The van der Waals surface area contributed by atoms with E-state index in [0.717, 1.165) is 17.5 Å². The van der Waals surface area contributed by atoms with Crippen LogP contribution in [0.25, 0.3) is 16.9 Å². The van der Waals surface area contributed by atoms with Crippen LogP contribution in [0.1, 0.15) is 40.6 Å². The molecule has 1 fully saturated rings. The molecule has 1 aromatic carbocycles. The Bertz CT molecular complexity index is 1630. The van der Waals surface area contributed by atoms with Gasteiger partial charge >= 0.3 is 0 Å². The second-order valence-corrected chi connectivity index (χ2v) is 9.59. The smallest absolute Gasteiger partial charge is 0.274 e. The Morgan fingerprint density at radius 2 is 1.92 bits per heavy atom. The van der Waals surface area contributed by atoms with Gasteiger partial charge in [0.1, 0.15) is 10.7 Å². The Balaban J connectivity index is 1.57. The maximum Gasteiger partial charge on any atom is 0.274 e. The number of nitrogens with zero attached hydrogens (tertiary/aromatic N) is 4. The predicted octanol–water partition coefficient (Wildman–Crippen LogP) is 6.60. The van der Waals surface area contributed by atoms with Crippen LogP contribution in [-0.4, -0.2) is 20.6 Å². The fourth-order valence-corrected chi connectivity index (χ4v) is 5.06. The van der Waals surface area contributed by atoms with Crippen LogP contribution in [0.15, 0.2) is 64.8 Å². The molecule has 0 aliphatic heterocycles. The number of aromatic nitrogens is 3. The molecule has 0 bridgehead atoms. The van der Waals surface area contributed by atoms with Gasteiger partial charge in [-0.25, -0.2) is 9.18 Å². The molecular formula is C27H19Cl2FN4O2. The molecule has 3 aromatic heterocycles. The Morgan fingerprint density at radius 1 is 1.11 bits per heavy atom. The summed E-state index contributed by atoms with van der Waals surface area (Å²) >= 11 is 12.7. The third kappa shape index (κ3) is 4.26. The van der Waals surface area contributed by atoms with Gasteiger partial charge in [-0.05, 0) is 79.1 Å². The number of aryl methyl sites for hydroxylation is 2. The van der Waals surface area contributed by atoms with E-state index in [0.29, 0.717) is 27.7 Å². The first kappa shape index (κ1) is 24.1. The van der Waals surface area contributed by atoms with E-state index in [4.69, 9.17) is 23.2 Å². The van der Waals surface area contributed by atoms with E-state index in [2.05, 4.69) is 15.0 Å². The molecule has 1 aliphatic carbocycles. The lowest BCUT2D eigenvalue weighted by Gasteiger charge is -2.17. The quantitative estimate of drug-likeness (QED) is 0.219. The molecule has 5 rings (SSSR count). The molecule has 0 unspecified atom stereocenters. The monoisotopic (exact) mass is 520 g/mol. The Hall–Kier alpha value is -3.64. The van der Waals surface area contributed by atoms with E-state index in [9.17, 15) is 14.0 Å². The highest BCUT2D eigenvalue weighted by Gasteiger charge is 2.42. The first-order valence-electron chi connectivity index (χ1n) is 11.2. The minimum Gasteiger partial charge on any atom is -0.280 e. The number of rotatable bonds is 5. The lowest BCUT2D eigenvalue weighted by atomic mass is 10.0. The van der Waals surface area contributed by atoms with Gasteiger partial charge in [0, 0.05) is 29.8 Å². The molecule has 1 saturated carbocycles. The lowest BCUT2D eigenvalue weighted by Crippen LogP contribution is -2.23. The molecule has 6 nitrogen and oxygen atoms in total. The number of isocyanates is 1. The van der Waals surface area contributed by atoms with Gasteiger partial charge in [0.05, 0.1) is 16.4 Å². The number of benzene rings is 1. The summed E-state index contributed by atoms with van der Waals surface area (Å²) in [4.78, 5) is 36.0. The Morgan fingerprint density at radius 3 is 2.67 bits per heavy atom. The summed E-state index contributed by atoms with van der Waals surface area (Å²) in [7, 11) is 0. The number of halogens is 3. The molecule has 0 N–H and O–H groups in total. The fraction of sp³-hybridized carbons (Fsp3) is 0.185. The van der Waals surface area contributed by atoms with Crippen molar-refractivity contribution >= 4 is 35.0 Å². The molecule has 2 atom stereocenters. The van der Waals surface area contributed by atoms with Gasteiger partial charge in [-0.3, -0.25) is 19.3 Å². The zero-order valence-corrected chi connectivity index (χ0v) is 20.8.